The number of hydrogen-bond acceptors (Lipinski definition) is 3. The minimum absolute atomic E-state index is 0.257. The van der Waals surface area contributed by atoms with Gasteiger partial charge in [-0.15, -0.1) is 0 Å². The van der Waals surface area contributed by atoms with Gasteiger partial charge in [-0.1, -0.05) is 30.3 Å². The predicted molar refractivity (Wildman–Crippen MR) is 71.9 cm³/mol. The van der Waals surface area contributed by atoms with Crippen LogP contribution in [0.1, 0.15) is 18.4 Å². The maximum atomic E-state index is 11.1. The Morgan fingerprint density at radius 2 is 1.82 bits per heavy atom. The van der Waals surface area contributed by atoms with E-state index in [1.807, 2.05) is 25.2 Å². The van der Waals surface area contributed by atoms with Crippen LogP contribution in [0.3, 0.4) is 0 Å². The lowest BCUT2D eigenvalue weighted by Crippen LogP contribution is -2.28. The maximum Gasteiger partial charge on any atom is 0.147 e. The highest BCUT2D eigenvalue weighted by molar-refractivity contribution is 7.90. The van der Waals surface area contributed by atoms with E-state index >= 15 is 0 Å². The zero-order chi connectivity index (χ0) is 12.7. The summed E-state index contributed by atoms with van der Waals surface area (Å²) in [5, 5.41) is 3.18. The van der Waals surface area contributed by atoms with Crippen molar-refractivity contribution >= 4 is 9.84 Å². The first-order valence-corrected chi connectivity index (χ1v) is 7.96. The fraction of sp³-hybridized carbons (Fsp3) is 0.538. The van der Waals surface area contributed by atoms with Gasteiger partial charge in [-0.25, -0.2) is 8.42 Å². The maximum absolute atomic E-state index is 11.1. The quantitative estimate of drug-likeness (QED) is 0.805. The Labute approximate surface area is 104 Å². The Morgan fingerprint density at radius 1 is 1.18 bits per heavy atom. The summed E-state index contributed by atoms with van der Waals surface area (Å²) in [6, 6.07) is 10.5. The second kappa shape index (κ2) is 6.77. The molecule has 1 atom stereocenters. The van der Waals surface area contributed by atoms with Gasteiger partial charge in [-0.2, -0.15) is 0 Å². The van der Waals surface area contributed by atoms with Crippen LogP contribution in [0.4, 0.5) is 0 Å². The smallest absolute Gasteiger partial charge is 0.147 e. The van der Waals surface area contributed by atoms with Gasteiger partial charge in [0.05, 0.1) is 5.75 Å². The summed E-state index contributed by atoms with van der Waals surface area (Å²) in [7, 11) is -0.965. The Hall–Kier alpha value is -0.870. The van der Waals surface area contributed by atoms with Crippen LogP contribution in [0.5, 0.6) is 0 Å². The number of nitrogens with one attached hydrogen (secondary N) is 1. The third-order valence-electron chi connectivity index (χ3n) is 2.87. The Balaban J connectivity index is 2.38. The van der Waals surface area contributed by atoms with E-state index in [0.717, 1.165) is 12.8 Å². The third kappa shape index (κ3) is 6.44. The first-order chi connectivity index (χ1) is 8.01. The molecule has 0 heterocycles. The van der Waals surface area contributed by atoms with Gasteiger partial charge in [0, 0.05) is 12.3 Å². The van der Waals surface area contributed by atoms with E-state index < -0.39 is 9.84 Å². The molecular formula is C13H21NO2S. The highest BCUT2D eigenvalue weighted by Crippen LogP contribution is 2.07. The van der Waals surface area contributed by atoms with Crippen molar-refractivity contribution in [3.8, 4) is 0 Å². The molecule has 0 saturated carbocycles. The van der Waals surface area contributed by atoms with Gasteiger partial charge in [-0.3, -0.25) is 0 Å². The zero-order valence-corrected chi connectivity index (χ0v) is 11.3. The van der Waals surface area contributed by atoms with Crippen molar-refractivity contribution in [2.24, 2.45) is 0 Å². The van der Waals surface area contributed by atoms with E-state index in [-0.39, 0.29) is 11.8 Å². The molecule has 1 N–H and O–H groups in total. The average Bonchev–Trinajstić information content (AvgIpc) is 2.29. The van der Waals surface area contributed by atoms with Crippen molar-refractivity contribution in [2.75, 3.05) is 19.1 Å². The van der Waals surface area contributed by atoms with Gasteiger partial charge in [0.1, 0.15) is 9.84 Å². The second-order valence-electron chi connectivity index (χ2n) is 4.43. The van der Waals surface area contributed by atoms with Gasteiger partial charge >= 0.3 is 0 Å². The van der Waals surface area contributed by atoms with Crippen LogP contribution < -0.4 is 5.32 Å². The lowest BCUT2D eigenvalue weighted by atomic mass is 10.0. The molecule has 0 amide bonds. The molecule has 0 saturated heterocycles. The van der Waals surface area contributed by atoms with Crippen LogP contribution in [-0.4, -0.2) is 33.5 Å². The molecule has 0 aliphatic heterocycles. The number of aryl methyl sites for hydroxylation is 1. The molecule has 0 bridgehead atoms. The minimum Gasteiger partial charge on any atom is -0.317 e. The van der Waals surface area contributed by atoms with E-state index in [1.165, 1.54) is 11.8 Å². The van der Waals surface area contributed by atoms with Gasteiger partial charge in [0.15, 0.2) is 0 Å². The molecule has 4 heteroatoms. The second-order valence-corrected chi connectivity index (χ2v) is 6.69. The zero-order valence-electron chi connectivity index (χ0n) is 10.5. The number of sulfone groups is 1. The van der Waals surface area contributed by atoms with Crippen molar-refractivity contribution in [2.45, 2.75) is 25.3 Å². The summed E-state index contributed by atoms with van der Waals surface area (Å²) in [5.41, 5.74) is 1.30. The highest BCUT2D eigenvalue weighted by Gasteiger charge is 2.10. The van der Waals surface area contributed by atoms with Crippen LogP contribution in [0.2, 0.25) is 0 Å². The van der Waals surface area contributed by atoms with Gasteiger partial charge in [0.2, 0.25) is 0 Å². The van der Waals surface area contributed by atoms with Crippen LogP contribution in [0.25, 0.3) is 0 Å². The third-order valence-corrected chi connectivity index (χ3v) is 3.85. The minimum atomic E-state index is -2.85. The van der Waals surface area contributed by atoms with E-state index in [9.17, 15) is 8.42 Å². The molecule has 1 unspecified atom stereocenters. The van der Waals surface area contributed by atoms with Crippen molar-refractivity contribution in [3.63, 3.8) is 0 Å². The van der Waals surface area contributed by atoms with Crippen molar-refractivity contribution < 1.29 is 8.42 Å². The number of rotatable bonds is 7. The molecule has 0 radical (unpaired) electrons. The van der Waals surface area contributed by atoms with Crippen LogP contribution in [0, 0.1) is 0 Å². The monoisotopic (exact) mass is 255 g/mol. The molecule has 0 fully saturated rings. The molecule has 0 spiro atoms. The molecule has 17 heavy (non-hydrogen) atoms. The normalized spacial score (nSPS) is 13.5. The number of hydrogen-bond donors (Lipinski definition) is 1. The fourth-order valence-corrected chi connectivity index (χ4v) is 2.49. The van der Waals surface area contributed by atoms with Crippen LogP contribution in [-0.2, 0) is 16.3 Å². The Morgan fingerprint density at radius 3 is 2.35 bits per heavy atom. The lowest BCUT2D eigenvalue weighted by Gasteiger charge is -2.15. The van der Waals surface area contributed by atoms with Gasteiger partial charge < -0.3 is 5.32 Å². The van der Waals surface area contributed by atoms with Crippen LogP contribution >= 0.6 is 0 Å². The summed E-state index contributed by atoms with van der Waals surface area (Å²) < 4.78 is 22.2. The first kappa shape index (κ1) is 14.2. The van der Waals surface area contributed by atoms with Crippen molar-refractivity contribution in [3.05, 3.63) is 35.9 Å². The molecule has 0 aliphatic rings. The van der Waals surface area contributed by atoms with Crippen molar-refractivity contribution in [1.29, 1.82) is 0 Å². The summed E-state index contributed by atoms with van der Waals surface area (Å²) in [6.07, 6.45) is 3.92. The Bertz CT molecular complexity index is 414. The lowest BCUT2D eigenvalue weighted by molar-refractivity contribution is 0.504. The predicted octanol–water partition coefficient (Wildman–Crippen LogP) is 1.64. The topological polar surface area (TPSA) is 46.2 Å². The molecule has 1 rings (SSSR count). The summed E-state index contributed by atoms with van der Waals surface area (Å²) in [5.74, 6) is 0.257. The van der Waals surface area contributed by atoms with Gasteiger partial charge in [0.25, 0.3) is 0 Å². The Kier molecular flexibility index (Phi) is 5.65. The van der Waals surface area contributed by atoms with E-state index in [0.29, 0.717) is 6.42 Å². The van der Waals surface area contributed by atoms with E-state index in [2.05, 4.69) is 17.4 Å². The van der Waals surface area contributed by atoms with Crippen LogP contribution in [0.15, 0.2) is 30.3 Å². The molecule has 0 aromatic heterocycles. The molecular weight excluding hydrogens is 234 g/mol. The molecule has 96 valence electrons. The van der Waals surface area contributed by atoms with E-state index in [1.54, 1.807) is 0 Å². The number of benzene rings is 1. The highest BCUT2D eigenvalue weighted by atomic mass is 32.2. The first-order valence-electron chi connectivity index (χ1n) is 5.90. The van der Waals surface area contributed by atoms with Crippen molar-refractivity contribution in [1.82, 2.24) is 5.32 Å². The summed E-state index contributed by atoms with van der Waals surface area (Å²) in [6.45, 7) is 0. The molecule has 0 aliphatic carbocycles. The molecule has 3 nitrogen and oxygen atoms in total. The largest absolute Gasteiger partial charge is 0.317 e. The standard InChI is InChI=1S/C13H21NO2S/c1-14-13(10-11-17(2,15)16)9-8-12-6-4-3-5-7-12/h3-7,13-14H,8-11H2,1-2H3. The average molecular weight is 255 g/mol. The fourth-order valence-electron chi connectivity index (χ4n) is 1.77. The SMILES string of the molecule is CNC(CCc1ccccc1)CCS(C)(=O)=O. The summed E-state index contributed by atoms with van der Waals surface area (Å²) in [4.78, 5) is 0. The van der Waals surface area contributed by atoms with E-state index in [4.69, 9.17) is 0 Å². The molecule has 1 aromatic carbocycles. The molecule has 1 aromatic rings. The van der Waals surface area contributed by atoms with Gasteiger partial charge in [-0.05, 0) is 31.9 Å². The summed E-state index contributed by atoms with van der Waals surface area (Å²) >= 11 is 0.